The lowest BCUT2D eigenvalue weighted by molar-refractivity contribution is -0.384. The lowest BCUT2D eigenvalue weighted by atomic mass is 10.1. The standard InChI is InChI=1S/C16H34O5Si.C11H16O4S.C9H9NO5.C6H12O3.C5H12O4S.C4H9BrO.C4H9ClO.8CH4/c1-4-19-22(20-5-2,21-6-3)15-11-9-13-16(18)12-8-7-10-14-17;1-10-4-6-11(7-5-10)16(13,14)15-9-3-2-8-12;11-6-5-9(12)15-8-3-1-7(2-4-8)10(13)14;7-2-1-3-8-4-6-5-9-6;1-10(7,8)9-5-3-2-4-6;2*5-3-1-2-4-6;;;;;;;;/h17H,4-15H2,1-3H3;4-7,12H,2-3,8-9H2,1H3;1-4,11H,5-6H2;6-7H,1-5H2;6H,2-5H2,1H3;2*6H,1-4H2;8*1H4. The number of epoxide rings is 1. The minimum absolute atomic E-state index is 0. The van der Waals surface area contributed by atoms with Crippen LogP contribution >= 0.6 is 27.5 Å². The van der Waals surface area contributed by atoms with Crippen molar-refractivity contribution >= 4 is 74.0 Å². The molecule has 0 radical (unpaired) electrons. The van der Waals surface area contributed by atoms with Crippen molar-refractivity contribution in [1.82, 2.24) is 0 Å². The molecule has 1 aliphatic heterocycles. The molecule has 0 aliphatic carbocycles. The van der Waals surface area contributed by atoms with Crippen LogP contribution in [0.2, 0.25) is 6.04 Å². The minimum Gasteiger partial charge on any atom is -0.426 e. The topological polar surface area (TPSA) is 364 Å². The second-order valence-electron chi connectivity index (χ2n) is 17.8. The molecule has 0 amide bonds. The summed E-state index contributed by atoms with van der Waals surface area (Å²) in [5, 5.41) is 69.9. The third kappa shape index (κ3) is 81.5. The molecule has 0 spiro atoms. The monoisotopic (exact) mass is 1480 g/mol. The summed E-state index contributed by atoms with van der Waals surface area (Å²) in [7, 11) is -9.47. The van der Waals surface area contributed by atoms with Crippen LogP contribution in [0.1, 0.15) is 195 Å². The van der Waals surface area contributed by atoms with Gasteiger partial charge in [0.25, 0.3) is 25.9 Å². The molecule has 2 aromatic rings. The van der Waals surface area contributed by atoms with Crippen molar-refractivity contribution in [2.75, 3.05) is 117 Å². The number of nitro groups is 1. The van der Waals surface area contributed by atoms with Crippen LogP contribution < -0.4 is 4.74 Å². The third-order valence-electron chi connectivity index (χ3n) is 10.2. The van der Waals surface area contributed by atoms with Crippen molar-refractivity contribution in [2.45, 2.75) is 213 Å². The van der Waals surface area contributed by atoms with E-state index in [-0.39, 0.29) is 135 Å². The number of benzene rings is 2. The first-order valence-corrected chi connectivity index (χ1v) is 35.2. The molecule has 558 valence electrons. The first kappa shape index (κ1) is 117. The number of Topliss-reactive ketones (excluding diaryl/α,β-unsaturated/α-hetero) is 1. The molecule has 29 heteroatoms. The maximum Gasteiger partial charge on any atom is 0.500 e. The Morgan fingerprint density at radius 1 is 0.598 bits per heavy atom. The molecule has 3 rings (SSSR count). The fourth-order valence-corrected chi connectivity index (χ4v) is 10.5. The SMILES string of the molecule is C.C.C.C.C.C.C.C.CCO[Si](CCCCC(=O)CCCCCO)(OCC)OCC.CS(=O)(=O)OCCCCO.Cc1ccc(S(=O)(=O)OCCCCO)cc1.O=C(CCO)Oc1ccc([N+](=O)[O-])cc1.OCCCCBr.OCCCCCl.OCCCOCC1CO1. The summed E-state index contributed by atoms with van der Waals surface area (Å²) in [6, 6.07) is 12.4. The van der Waals surface area contributed by atoms with E-state index in [4.69, 9.17) is 79.0 Å². The minimum atomic E-state index is -3.64. The number of non-ortho nitro benzene ring substituents is 1. The summed E-state index contributed by atoms with van der Waals surface area (Å²) in [5.41, 5.74) is 0.927. The summed E-state index contributed by atoms with van der Waals surface area (Å²) in [4.78, 5) is 32.6. The maximum atomic E-state index is 11.8. The van der Waals surface area contributed by atoms with Gasteiger partial charge in [-0.15, -0.1) is 11.6 Å². The number of nitrogens with zero attached hydrogens (tertiary/aromatic N) is 1. The molecule has 92 heavy (non-hydrogen) atoms. The summed E-state index contributed by atoms with van der Waals surface area (Å²) < 4.78 is 85.2. The first-order chi connectivity index (χ1) is 40.1. The largest absolute Gasteiger partial charge is 0.500 e. The predicted molar refractivity (Wildman–Crippen MR) is 381 cm³/mol. The van der Waals surface area contributed by atoms with E-state index in [1.807, 2.05) is 27.7 Å². The zero-order chi connectivity index (χ0) is 64.2. The number of hydrogen-bond donors (Lipinski definition) is 7. The molecule has 2 aromatic carbocycles. The predicted octanol–water partition coefficient (Wildman–Crippen LogP) is 12.4. The Labute approximate surface area is 573 Å². The zero-order valence-corrected chi connectivity index (χ0v) is 55.1. The van der Waals surface area contributed by atoms with Crippen LogP contribution in [0.5, 0.6) is 5.75 Å². The molecule has 0 bridgehead atoms. The van der Waals surface area contributed by atoms with Gasteiger partial charge in [0.15, 0.2) is 0 Å². The van der Waals surface area contributed by atoms with Crippen LogP contribution in [0, 0.1) is 17.0 Å². The van der Waals surface area contributed by atoms with Crippen LogP contribution in [0.15, 0.2) is 53.4 Å². The first-order valence-electron chi connectivity index (χ1n) is 28.4. The highest BCUT2D eigenvalue weighted by atomic mass is 79.9. The molecule has 0 aromatic heterocycles. The lowest BCUT2D eigenvalue weighted by Gasteiger charge is -2.28. The van der Waals surface area contributed by atoms with E-state index >= 15 is 0 Å². The Kier molecular flexibility index (Phi) is 105. The number of hydrogen-bond acceptors (Lipinski definition) is 23. The number of aliphatic hydroxyl groups is 7. The molecule has 1 aliphatic rings. The van der Waals surface area contributed by atoms with Gasteiger partial charge in [-0.2, -0.15) is 16.8 Å². The molecule has 1 heterocycles. The number of alkyl halides is 2. The lowest BCUT2D eigenvalue weighted by Crippen LogP contribution is -2.45. The van der Waals surface area contributed by atoms with Crippen molar-refractivity contribution in [1.29, 1.82) is 0 Å². The average molecular weight is 1480 g/mol. The van der Waals surface area contributed by atoms with Crippen molar-refractivity contribution in [3.63, 3.8) is 0 Å². The normalized spacial score (nSPS) is 11.3. The van der Waals surface area contributed by atoms with E-state index in [1.165, 1.54) is 36.4 Å². The molecule has 24 nitrogen and oxygen atoms in total. The van der Waals surface area contributed by atoms with Gasteiger partial charge in [-0.3, -0.25) is 28.1 Å². The van der Waals surface area contributed by atoms with E-state index in [9.17, 15) is 36.5 Å². The van der Waals surface area contributed by atoms with E-state index in [2.05, 4.69) is 20.1 Å². The highest BCUT2D eigenvalue weighted by molar-refractivity contribution is 9.09. The highest BCUT2D eigenvalue weighted by Gasteiger charge is 2.39. The van der Waals surface area contributed by atoms with Crippen molar-refractivity contribution in [3.8, 4) is 5.75 Å². The maximum absolute atomic E-state index is 11.8. The molecule has 1 unspecified atom stereocenters. The number of aryl methyl sites for hydroxylation is 1. The van der Waals surface area contributed by atoms with Crippen LogP contribution in [0.3, 0.4) is 0 Å². The Bertz CT molecular complexity index is 2000. The van der Waals surface area contributed by atoms with Gasteiger partial charge in [-0.05, 0) is 135 Å². The fraction of sp³-hybridized carbons (Fsp3) is 0.778. The molecular weight excluding hydrogens is 1350 g/mol. The van der Waals surface area contributed by atoms with Gasteiger partial charge in [0.1, 0.15) is 17.6 Å². The molecule has 0 saturated carbocycles. The van der Waals surface area contributed by atoms with Crippen LogP contribution in [0.25, 0.3) is 0 Å². The molecule has 1 fully saturated rings. The number of rotatable bonds is 42. The summed E-state index contributed by atoms with van der Waals surface area (Å²) in [5.74, 6) is 0.625. The number of carbonyl (C=O) groups is 2. The smallest absolute Gasteiger partial charge is 0.426 e. The van der Waals surface area contributed by atoms with Crippen molar-refractivity contribution in [2.24, 2.45) is 0 Å². The van der Waals surface area contributed by atoms with Gasteiger partial charge in [0.05, 0.1) is 55.5 Å². The molecular formula is C63H133BrClNO23S2Si. The number of esters is 1. The van der Waals surface area contributed by atoms with Gasteiger partial charge < -0.3 is 63.2 Å². The summed E-state index contributed by atoms with van der Waals surface area (Å²) in [6.45, 7) is 12.9. The summed E-state index contributed by atoms with van der Waals surface area (Å²) >= 11 is 8.51. The number of halogens is 2. The quantitative estimate of drug-likeness (QED) is 0.00373. The van der Waals surface area contributed by atoms with Gasteiger partial charge in [-0.1, -0.05) is 99.5 Å². The van der Waals surface area contributed by atoms with Crippen molar-refractivity contribution < 1.29 is 103 Å². The fourth-order valence-electron chi connectivity index (χ4n) is 5.85. The van der Waals surface area contributed by atoms with E-state index in [0.29, 0.717) is 95.9 Å². The van der Waals surface area contributed by atoms with Crippen LogP contribution in [-0.2, 0) is 60.9 Å². The average Bonchev–Trinajstić information content (AvgIpc) is 1.50. The van der Waals surface area contributed by atoms with Gasteiger partial charge >= 0.3 is 14.8 Å². The Morgan fingerprint density at radius 2 is 1.03 bits per heavy atom. The van der Waals surface area contributed by atoms with E-state index in [1.54, 1.807) is 12.1 Å². The Balaban J connectivity index is -0.0000000832. The Morgan fingerprint density at radius 3 is 1.41 bits per heavy atom. The third-order valence-corrected chi connectivity index (χ3v) is 16.1. The molecule has 7 N–H and O–H groups in total. The van der Waals surface area contributed by atoms with Gasteiger partial charge in [0, 0.05) is 108 Å². The number of carbonyl (C=O) groups excluding carboxylic acids is 2. The molecule has 1 saturated heterocycles. The number of ether oxygens (including phenoxy) is 3. The number of unbranched alkanes of at least 4 members (excludes halogenated alkanes) is 7. The van der Waals surface area contributed by atoms with E-state index in [0.717, 1.165) is 94.0 Å². The molecule has 1 atom stereocenters. The number of aliphatic hydroxyl groups excluding tert-OH is 7. The Hall–Kier alpha value is -2.69. The second kappa shape index (κ2) is 82.5. The summed E-state index contributed by atoms with van der Waals surface area (Å²) in [6.07, 6.45) is 13.6. The van der Waals surface area contributed by atoms with Gasteiger partial charge in [-0.25, -0.2) is 0 Å². The van der Waals surface area contributed by atoms with Crippen molar-refractivity contribution in [3.05, 3.63) is 64.2 Å². The second-order valence-corrected chi connectivity index (χ2v) is 24.9. The zero-order valence-electron chi connectivity index (χ0n) is 50.1. The number of nitro benzene ring substituents is 1. The van der Waals surface area contributed by atoms with Crippen LogP contribution in [-0.4, -0.2) is 201 Å². The highest BCUT2D eigenvalue weighted by Crippen LogP contribution is 2.21. The van der Waals surface area contributed by atoms with E-state index < -0.39 is 39.9 Å². The number of ketones is 1. The van der Waals surface area contributed by atoms with Gasteiger partial charge in [0.2, 0.25) is 0 Å². The van der Waals surface area contributed by atoms with Crippen LogP contribution in [0.4, 0.5) is 5.69 Å².